The van der Waals surface area contributed by atoms with E-state index in [1.807, 2.05) is 17.1 Å². The van der Waals surface area contributed by atoms with Crippen LogP contribution in [0.5, 0.6) is 0 Å². The molecule has 0 aliphatic heterocycles. The van der Waals surface area contributed by atoms with Gasteiger partial charge in [-0.1, -0.05) is 44.9 Å². The summed E-state index contributed by atoms with van der Waals surface area (Å²) in [6, 6.07) is 0. The number of anilines is 1. The molecule has 1 amide bonds. The first kappa shape index (κ1) is 19.9. The van der Waals surface area contributed by atoms with Gasteiger partial charge in [0.2, 0.25) is 5.91 Å². The number of amides is 1. The third-order valence-corrected chi connectivity index (χ3v) is 5.48. The highest BCUT2D eigenvalue weighted by atomic mass is 32.2. The lowest BCUT2D eigenvalue weighted by Gasteiger charge is -2.20. The zero-order valence-electron chi connectivity index (χ0n) is 16.5. The van der Waals surface area contributed by atoms with Gasteiger partial charge < -0.3 is 10.6 Å². The van der Waals surface area contributed by atoms with Crippen molar-refractivity contribution < 1.29 is 4.79 Å². The minimum Gasteiger partial charge on any atom is -0.369 e. The van der Waals surface area contributed by atoms with E-state index in [9.17, 15) is 4.79 Å². The molecular formula is C19H30N6OS. The van der Waals surface area contributed by atoms with E-state index in [-0.39, 0.29) is 11.8 Å². The first-order chi connectivity index (χ1) is 13.1. The molecule has 1 aliphatic rings. The molecule has 0 spiro atoms. The molecular weight excluding hydrogens is 360 g/mol. The minimum absolute atomic E-state index is 0.185. The fourth-order valence-electron chi connectivity index (χ4n) is 3.42. The van der Waals surface area contributed by atoms with E-state index in [4.69, 9.17) is 0 Å². The van der Waals surface area contributed by atoms with E-state index >= 15 is 0 Å². The average molecular weight is 391 g/mol. The Labute approximate surface area is 165 Å². The summed E-state index contributed by atoms with van der Waals surface area (Å²) in [6.07, 6.45) is 9.42. The van der Waals surface area contributed by atoms with Gasteiger partial charge in [0.1, 0.15) is 5.82 Å². The number of carbonyl (C=O) groups is 1. The number of carbonyl (C=O) groups excluding carboxylic acids is 1. The first-order valence-electron chi connectivity index (χ1n) is 9.87. The number of nitrogens with zero attached hydrogens (tertiary/aromatic N) is 4. The monoisotopic (exact) mass is 390 g/mol. The van der Waals surface area contributed by atoms with Crippen LogP contribution in [0.4, 0.5) is 5.82 Å². The Balaban J connectivity index is 1.67. The minimum atomic E-state index is 0.185. The molecule has 0 unspecified atom stereocenters. The van der Waals surface area contributed by atoms with E-state index in [2.05, 4.69) is 39.5 Å². The highest BCUT2D eigenvalue weighted by Gasteiger charge is 2.20. The van der Waals surface area contributed by atoms with Crippen LogP contribution in [-0.2, 0) is 11.3 Å². The molecule has 2 aromatic heterocycles. The SMILES string of the molecule is CSc1nc(NCC(C)C)c2cnn(CCNC(=O)C3CCCCC3)c2n1. The number of aromatic nitrogens is 4. The Kier molecular flexibility index (Phi) is 6.93. The van der Waals surface area contributed by atoms with E-state index in [0.29, 0.717) is 19.0 Å². The quantitative estimate of drug-likeness (QED) is 0.531. The molecule has 0 bridgehead atoms. The van der Waals surface area contributed by atoms with Crippen molar-refractivity contribution in [2.45, 2.75) is 57.7 Å². The molecule has 0 aromatic carbocycles. The van der Waals surface area contributed by atoms with Crippen molar-refractivity contribution in [3.63, 3.8) is 0 Å². The van der Waals surface area contributed by atoms with Crippen molar-refractivity contribution in [1.29, 1.82) is 0 Å². The maximum atomic E-state index is 12.3. The van der Waals surface area contributed by atoms with Crippen LogP contribution in [0.2, 0.25) is 0 Å². The fourth-order valence-corrected chi connectivity index (χ4v) is 3.78. The molecule has 3 rings (SSSR count). The van der Waals surface area contributed by atoms with Gasteiger partial charge in [0.25, 0.3) is 0 Å². The second-order valence-electron chi connectivity index (χ2n) is 7.56. The van der Waals surface area contributed by atoms with Gasteiger partial charge in [-0.3, -0.25) is 4.79 Å². The predicted octanol–water partition coefficient (Wildman–Crippen LogP) is 3.31. The topological polar surface area (TPSA) is 84.7 Å². The molecule has 27 heavy (non-hydrogen) atoms. The van der Waals surface area contributed by atoms with Gasteiger partial charge >= 0.3 is 0 Å². The van der Waals surface area contributed by atoms with Crippen molar-refractivity contribution in [1.82, 2.24) is 25.1 Å². The summed E-state index contributed by atoms with van der Waals surface area (Å²) in [4.78, 5) is 21.5. The maximum absolute atomic E-state index is 12.3. The van der Waals surface area contributed by atoms with Gasteiger partial charge in [0, 0.05) is 19.0 Å². The van der Waals surface area contributed by atoms with E-state index in [1.165, 1.54) is 31.0 Å². The Morgan fingerprint density at radius 2 is 2.07 bits per heavy atom. The second kappa shape index (κ2) is 9.39. The molecule has 2 aromatic rings. The van der Waals surface area contributed by atoms with Gasteiger partial charge in [-0.2, -0.15) is 5.10 Å². The third kappa shape index (κ3) is 5.12. The Morgan fingerprint density at radius 3 is 2.78 bits per heavy atom. The van der Waals surface area contributed by atoms with Crippen LogP contribution in [-0.4, -0.2) is 45.0 Å². The maximum Gasteiger partial charge on any atom is 0.223 e. The van der Waals surface area contributed by atoms with Crippen LogP contribution >= 0.6 is 11.8 Å². The van der Waals surface area contributed by atoms with Crippen LogP contribution < -0.4 is 10.6 Å². The lowest BCUT2D eigenvalue weighted by atomic mass is 9.89. The van der Waals surface area contributed by atoms with Crippen LogP contribution in [0.3, 0.4) is 0 Å². The van der Waals surface area contributed by atoms with Gasteiger partial charge in [-0.15, -0.1) is 0 Å². The molecule has 0 atom stereocenters. The summed E-state index contributed by atoms with van der Waals surface area (Å²) in [5.41, 5.74) is 0.813. The number of fused-ring (bicyclic) bond motifs is 1. The van der Waals surface area contributed by atoms with Gasteiger partial charge in [-0.25, -0.2) is 14.6 Å². The fraction of sp³-hybridized carbons (Fsp3) is 0.684. The summed E-state index contributed by atoms with van der Waals surface area (Å²) in [5, 5.41) is 12.6. The van der Waals surface area contributed by atoms with Crippen molar-refractivity contribution in [3.05, 3.63) is 6.20 Å². The molecule has 1 fully saturated rings. The van der Waals surface area contributed by atoms with Crippen molar-refractivity contribution in [3.8, 4) is 0 Å². The highest BCUT2D eigenvalue weighted by Crippen LogP contribution is 2.24. The summed E-state index contributed by atoms with van der Waals surface area (Å²) in [7, 11) is 0. The van der Waals surface area contributed by atoms with Gasteiger partial charge in [-0.05, 0) is 25.0 Å². The molecule has 0 saturated heterocycles. The predicted molar refractivity (Wildman–Crippen MR) is 110 cm³/mol. The molecule has 8 heteroatoms. The van der Waals surface area contributed by atoms with Crippen molar-refractivity contribution >= 4 is 34.5 Å². The smallest absolute Gasteiger partial charge is 0.223 e. The largest absolute Gasteiger partial charge is 0.369 e. The van der Waals surface area contributed by atoms with Crippen LogP contribution in [0.1, 0.15) is 46.0 Å². The molecule has 1 aliphatic carbocycles. The van der Waals surface area contributed by atoms with Crippen LogP contribution in [0.25, 0.3) is 11.0 Å². The van der Waals surface area contributed by atoms with Crippen LogP contribution in [0.15, 0.2) is 11.4 Å². The number of thioether (sulfide) groups is 1. The van der Waals surface area contributed by atoms with Gasteiger partial charge in [0.15, 0.2) is 10.8 Å². The third-order valence-electron chi connectivity index (χ3n) is 4.93. The number of nitrogens with one attached hydrogen (secondary N) is 2. The Hall–Kier alpha value is -1.83. The van der Waals surface area contributed by atoms with Gasteiger partial charge in [0.05, 0.1) is 18.1 Å². The van der Waals surface area contributed by atoms with E-state index in [1.54, 1.807) is 0 Å². The van der Waals surface area contributed by atoms with Crippen LogP contribution in [0, 0.1) is 11.8 Å². The van der Waals surface area contributed by atoms with Crippen molar-refractivity contribution in [2.24, 2.45) is 11.8 Å². The number of hydrogen-bond donors (Lipinski definition) is 2. The molecule has 7 nitrogen and oxygen atoms in total. The standard InChI is InChI=1S/C19H30N6OS/c1-13(2)11-21-16-15-12-22-25(17(15)24-19(23-16)27-3)10-9-20-18(26)14-7-5-4-6-8-14/h12-14H,4-11H2,1-3H3,(H,20,26)(H,21,23,24). The summed E-state index contributed by atoms with van der Waals surface area (Å²) < 4.78 is 1.86. The Morgan fingerprint density at radius 1 is 1.30 bits per heavy atom. The average Bonchev–Trinajstić information content (AvgIpc) is 3.09. The first-order valence-corrected chi connectivity index (χ1v) is 11.1. The zero-order valence-corrected chi connectivity index (χ0v) is 17.3. The summed E-state index contributed by atoms with van der Waals surface area (Å²) >= 11 is 1.52. The lowest BCUT2D eigenvalue weighted by molar-refractivity contribution is -0.125. The van der Waals surface area contributed by atoms with Crippen molar-refractivity contribution in [2.75, 3.05) is 24.7 Å². The Bertz CT molecular complexity index is 769. The summed E-state index contributed by atoms with van der Waals surface area (Å²) in [5.74, 6) is 1.73. The normalized spacial score (nSPS) is 15.4. The highest BCUT2D eigenvalue weighted by molar-refractivity contribution is 7.98. The molecule has 2 heterocycles. The molecule has 148 valence electrons. The van der Waals surface area contributed by atoms with E-state index in [0.717, 1.165) is 41.4 Å². The lowest BCUT2D eigenvalue weighted by Crippen LogP contribution is -2.34. The summed E-state index contributed by atoms with van der Waals surface area (Å²) in [6.45, 7) is 6.36. The molecule has 1 saturated carbocycles. The number of rotatable bonds is 8. The second-order valence-corrected chi connectivity index (χ2v) is 8.34. The molecule has 2 N–H and O–H groups in total. The van der Waals surface area contributed by atoms with E-state index < -0.39 is 0 Å². The zero-order chi connectivity index (χ0) is 19.2. The molecule has 0 radical (unpaired) electrons. The number of hydrogen-bond acceptors (Lipinski definition) is 6.